The molecule has 1 unspecified atom stereocenters. The third kappa shape index (κ3) is 5.08. The summed E-state index contributed by atoms with van der Waals surface area (Å²) < 4.78 is 4.70. The van der Waals surface area contributed by atoms with E-state index in [2.05, 4.69) is 15.1 Å². The molecule has 1 aromatic rings. The molecule has 148 valence electrons. The van der Waals surface area contributed by atoms with Crippen LogP contribution in [0.4, 0.5) is 0 Å². The lowest BCUT2D eigenvalue weighted by atomic mass is 10.1. The van der Waals surface area contributed by atoms with Gasteiger partial charge in [0.1, 0.15) is 0 Å². The van der Waals surface area contributed by atoms with Gasteiger partial charge < -0.3 is 10.1 Å². The number of hydrogen-bond donors (Lipinski definition) is 1. The third-order valence-electron chi connectivity index (χ3n) is 5.96. The molecule has 2 fully saturated rings. The maximum absolute atomic E-state index is 12.5. The molecule has 6 nitrogen and oxygen atoms in total. The molecule has 1 amide bonds. The van der Waals surface area contributed by atoms with Gasteiger partial charge in [0.15, 0.2) is 0 Å². The Morgan fingerprint density at radius 1 is 1.11 bits per heavy atom. The second-order valence-electron chi connectivity index (χ2n) is 7.59. The summed E-state index contributed by atoms with van der Waals surface area (Å²) in [7, 11) is 1.37. The van der Waals surface area contributed by atoms with Gasteiger partial charge >= 0.3 is 5.97 Å². The summed E-state index contributed by atoms with van der Waals surface area (Å²) in [4.78, 5) is 28.9. The van der Waals surface area contributed by atoms with Gasteiger partial charge in [0.25, 0.3) is 0 Å². The number of nitrogens with one attached hydrogen (secondary N) is 1. The number of amides is 1. The fourth-order valence-corrected chi connectivity index (χ4v) is 4.14. The van der Waals surface area contributed by atoms with Crippen LogP contribution >= 0.6 is 0 Å². The third-order valence-corrected chi connectivity index (χ3v) is 5.96. The van der Waals surface area contributed by atoms with E-state index in [4.69, 9.17) is 4.74 Å². The molecule has 1 N–H and O–H groups in total. The lowest BCUT2D eigenvalue weighted by molar-refractivity contribution is -0.126. The first-order chi connectivity index (χ1) is 13.1. The van der Waals surface area contributed by atoms with Gasteiger partial charge in [-0.05, 0) is 37.5 Å². The highest BCUT2D eigenvalue weighted by atomic mass is 16.5. The maximum atomic E-state index is 12.5. The number of piperazine rings is 1. The van der Waals surface area contributed by atoms with Crippen molar-refractivity contribution in [1.29, 1.82) is 0 Å². The highest BCUT2D eigenvalue weighted by Crippen LogP contribution is 2.24. The van der Waals surface area contributed by atoms with Gasteiger partial charge in [0.05, 0.1) is 18.7 Å². The fourth-order valence-electron chi connectivity index (χ4n) is 4.14. The van der Waals surface area contributed by atoms with Gasteiger partial charge in [-0.15, -0.1) is 0 Å². The molecule has 1 heterocycles. The quantitative estimate of drug-likeness (QED) is 0.773. The molecule has 27 heavy (non-hydrogen) atoms. The largest absolute Gasteiger partial charge is 0.465 e. The Kier molecular flexibility index (Phi) is 6.85. The van der Waals surface area contributed by atoms with Crippen molar-refractivity contribution in [2.24, 2.45) is 0 Å². The van der Waals surface area contributed by atoms with Crippen LogP contribution in [0.3, 0.4) is 0 Å². The molecule has 1 atom stereocenters. The van der Waals surface area contributed by atoms with Crippen LogP contribution in [0.15, 0.2) is 24.3 Å². The average molecular weight is 373 g/mol. The predicted octanol–water partition coefficient (Wildman–Crippen LogP) is 2.04. The minimum absolute atomic E-state index is 0.0568. The Labute approximate surface area is 161 Å². The standard InChI is InChI=1S/C21H31N3O3/c1-16(23-11-13-24(14-12-23)19-5-3-4-6-19)20(25)22-15-17-7-9-18(10-8-17)21(26)27-2/h7-10,16,19H,3-6,11-15H2,1-2H3,(H,22,25). The zero-order chi connectivity index (χ0) is 19.2. The van der Waals surface area contributed by atoms with Crippen molar-refractivity contribution in [3.05, 3.63) is 35.4 Å². The van der Waals surface area contributed by atoms with Gasteiger partial charge in [-0.2, -0.15) is 0 Å². The number of nitrogens with zero attached hydrogens (tertiary/aromatic N) is 2. The van der Waals surface area contributed by atoms with Crippen LogP contribution in [-0.4, -0.2) is 67.0 Å². The summed E-state index contributed by atoms with van der Waals surface area (Å²) >= 11 is 0. The number of rotatable bonds is 6. The molecular formula is C21H31N3O3. The SMILES string of the molecule is COC(=O)c1ccc(CNC(=O)C(C)N2CCN(C3CCCC3)CC2)cc1. The monoisotopic (exact) mass is 373 g/mol. The van der Waals surface area contributed by atoms with E-state index in [1.807, 2.05) is 19.1 Å². The van der Waals surface area contributed by atoms with Crippen molar-refractivity contribution < 1.29 is 14.3 Å². The number of carbonyl (C=O) groups is 2. The van der Waals surface area contributed by atoms with Gasteiger partial charge in [-0.1, -0.05) is 25.0 Å². The van der Waals surface area contributed by atoms with Crippen LogP contribution in [0.5, 0.6) is 0 Å². The van der Waals surface area contributed by atoms with Crippen molar-refractivity contribution in [3.8, 4) is 0 Å². The highest BCUT2D eigenvalue weighted by Gasteiger charge is 2.29. The minimum atomic E-state index is -0.351. The van der Waals surface area contributed by atoms with Crippen molar-refractivity contribution in [1.82, 2.24) is 15.1 Å². The number of carbonyl (C=O) groups excluding carboxylic acids is 2. The summed E-state index contributed by atoms with van der Waals surface area (Å²) in [5.41, 5.74) is 1.48. The zero-order valence-corrected chi connectivity index (χ0v) is 16.4. The average Bonchev–Trinajstić information content (AvgIpc) is 3.26. The Bertz CT molecular complexity index is 633. The van der Waals surface area contributed by atoms with Crippen LogP contribution < -0.4 is 5.32 Å². The molecule has 1 aromatic carbocycles. The molecule has 0 spiro atoms. The van der Waals surface area contributed by atoms with E-state index in [9.17, 15) is 9.59 Å². The van der Waals surface area contributed by atoms with E-state index in [0.29, 0.717) is 12.1 Å². The van der Waals surface area contributed by atoms with E-state index >= 15 is 0 Å². The smallest absolute Gasteiger partial charge is 0.337 e. The number of ether oxygens (including phenoxy) is 1. The molecule has 0 radical (unpaired) electrons. The summed E-state index contributed by atoms with van der Waals surface area (Å²) in [5.74, 6) is -0.294. The normalized spacial score (nSPS) is 20.4. The second-order valence-corrected chi connectivity index (χ2v) is 7.59. The summed E-state index contributed by atoms with van der Waals surface area (Å²) in [6.07, 6.45) is 5.41. The summed E-state index contributed by atoms with van der Waals surface area (Å²) in [6, 6.07) is 7.78. The molecule has 0 aromatic heterocycles. The van der Waals surface area contributed by atoms with Crippen molar-refractivity contribution >= 4 is 11.9 Å². The Morgan fingerprint density at radius 3 is 2.33 bits per heavy atom. The fraction of sp³-hybridized carbons (Fsp3) is 0.619. The molecule has 2 aliphatic rings. The van der Waals surface area contributed by atoms with Gasteiger partial charge in [0.2, 0.25) is 5.91 Å². The van der Waals surface area contributed by atoms with Crippen LogP contribution in [0, 0.1) is 0 Å². The number of methoxy groups -OCH3 is 1. The van der Waals surface area contributed by atoms with E-state index in [1.165, 1.54) is 32.8 Å². The lowest BCUT2D eigenvalue weighted by Crippen LogP contribution is -2.55. The number of benzene rings is 1. The molecule has 1 saturated carbocycles. The van der Waals surface area contributed by atoms with Gasteiger partial charge in [-0.3, -0.25) is 14.6 Å². The first-order valence-corrected chi connectivity index (χ1v) is 10.0. The zero-order valence-electron chi connectivity index (χ0n) is 16.4. The molecule has 1 saturated heterocycles. The summed E-state index contributed by atoms with van der Waals surface area (Å²) in [6.45, 7) is 6.50. The second kappa shape index (κ2) is 9.33. The Balaban J connectivity index is 1.43. The van der Waals surface area contributed by atoms with Crippen LogP contribution in [-0.2, 0) is 16.1 Å². The lowest BCUT2D eigenvalue weighted by Gasteiger charge is -2.40. The van der Waals surface area contributed by atoms with E-state index in [0.717, 1.165) is 37.8 Å². The van der Waals surface area contributed by atoms with Gasteiger partial charge in [0, 0.05) is 38.8 Å². The predicted molar refractivity (Wildman–Crippen MR) is 104 cm³/mol. The maximum Gasteiger partial charge on any atom is 0.337 e. The highest BCUT2D eigenvalue weighted by molar-refractivity contribution is 5.89. The molecule has 1 aliphatic carbocycles. The van der Waals surface area contributed by atoms with E-state index in [1.54, 1.807) is 12.1 Å². The summed E-state index contributed by atoms with van der Waals surface area (Å²) in [5, 5.41) is 3.01. The number of hydrogen-bond acceptors (Lipinski definition) is 5. The first-order valence-electron chi connectivity index (χ1n) is 10.0. The van der Waals surface area contributed by atoms with Crippen molar-refractivity contribution in [2.45, 2.75) is 51.2 Å². The van der Waals surface area contributed by atoms with Crippen LogP contribution in [0.2, 0.25) is 0 Å². The minimum Gasteiger partial charge on any atom is -0.465 e. The molecule has 1 aliphatic heterocycles. The van der Waals surface area contributed by atoms with Crippen molar-refractivity contribution in [2.75, 3.05) is 33.3 Å². The first kappa shape index (κ1) is 19.8. The molecular weight excluding hydrogens is 342 g/mol. The Hall–Kier alpha value is -1.92. The topological polar surface area (TPSA) is 61.9 Å². The van der Waals surface area contributed by atoms with Gasteiger partial charge in [-0.25, -0.2) is 4.79 Å². The van der Waals surface area contributed by atoms with Crippen LogP contribution in [0.25, 0.3) is 0 Å². The molecule has 0 bridgehead atoms. The Morgan fingerprint density at radius 2 is 1.74 bits per heavy atom. The number of esters is 1. The van der Waals surface area contributed by atoms with Crippen LogP contribution in [0.1, 0.15) is 48.5 Å². The van der Waals surface area contributed by atoms with Crippen molar-refractivity contribution in [3.63, 3.8) is 0 Å². The van der Waals surface area contributed by atoms with E-state index < -0.39 is 0 Å². The molecule has 6 heteroatoms. The molecule has 3 rings (SSSR count). The van der Waals surface area contributed by atoms with E-state index in [-0.39, 0.29) is 17.9 Å².